The fraction of sp³-hybridized carbons (Fsp3) is 0.385. The van der Waals surface area contributed by atoms with E-state index in [4.69, 9.17) is 0 Å². The van der Waals surface area contributed by atoms with E-state index in [1.807, 2.05) is 35.8 Å². The van der Waals surface area contributed by atoms with Gasteiger partial charge in [-0.3, -0.25) is 0 Å². The molecule has 0 spiro atoms. The summed E-state index contributed by atoms with van der Waals surface area (Å²) in [6.45, 7) is 2.97. The largest absolute Gasteiger partial charge is 0.348 e. The van der Waals surface area contributed by atoms with Crippen LogP contribution in [0, 0.1) is 0 Å². The lowest BCUT2D eigenvalue weighted by Gasteiger charge is -2.35. The first-order valence-corrected chi connectivity index (χ1v) is 8.80. The van der Waals surface area contributed by atoms with Crippen molar-refractivity contribution in [1.82, 2.24) is 8.87 Å². The number of thiophene rings is 1. The van der Waals surface area contributed by atoms with Crippen LogP contribution in [-0.2, 0) is 16.6 Å². The summed E-state index contributed by atoms with van der Waals surface area (Å²) < 4.78 is 28.4. The van der Waals surface area contributed by atoms with Crippen molar-refractivity contribution in [2.24, 2.45) is 0 Å². The number of sulfonamides is 1. The summed E-state index contributed by atoms with van der Waals surface area (Å²) in [5.41, 5.74) is 1.06. The highest BCUT2D eigenvalue weighted by molar-refractivity contribution is 7.89. The van der Waals surface area contributed by atoms with Gasteiger partial charge in [0.1, 0.15) is 0 Å². The van der Waals surface area contributed by atoms with Crippen molar-refractivity contribution in [1.29, 1.82) is 0 Å². The number of rotatable bonds is 3. The maximum absolute atomic E-state index is 12.3. The average Bonchev–Trinajstić information content (AvgIpc) is 3.08. The molecule has 19 heavy (non-hydrogen) atoms. The number of fused-ring (bicyclic) bond motifs is 1. The smallest absolute Gasteiger partial charge is 0.214 e. The van der Waals surface area contributed by atoms with E-state index < -0.39 is 10.0 Å². The third-order valence-corrected chi connectivity index (χ3v) is 6.29. The molecule has 1 atom stereocenters. The standard InChI is InChI=1S/C13H16N2O2S2/c1-2-19(16,17)15-9-8-14-7-3-5-11(14)13(15)12-6-4-10-18-12/h3-7,10,13H,2,8-9H2,1H3. The normalized spacial score (nSPS) is 20.4. The van der Waals surface area contributed by atoms with Crippen LogP contribution >= 0.6 is 11.3 Å². The number of nitrogens with zero attached hydrogens (tertiary/aromatic N) is 2. The molecule has 0 bridgehead atoms. The molecule has 0 radical (unpaired) electrons. The second kappa shape index (κ2) is 4.77. The van der Waals surface area contributed by atoms with Gasteiger partial charge in [0, 0.05) is 29.9 Å². The molecule has 0 aromatic carbocycles. The number of hydrogen-bond donors (Lipinski definition) is 0. The van der Waals surface area contributed by atoms with E-state index in [1.165, 1.54) is 0 Å². The van der Waals surface area contributed by atoms with Gasteiger partial charge in [0.05, 0.1) is 11.8 Å². The first-order chi connectivity index (χ1) is 9.13. The maximum atomic E-state index is 12.3. The molecule has 3 rings (SSSR count). The zero-order valence-electron chi connectivity index (χ0n) is 10.7. The third-order valence-electron chi connectivity index (χ3n) is 3.53. The minimum atomic E-state index is -3.19. The molecule has 102 valence electrons. The van der Waals surface area contributed by atoms with Crippen molar-refractivity contribution < 1.29 is 8.42 Å². The van der Waals surface area contributed by atoms with Gasteiger partial charge < -0.3 is 4.57 Å². The molecular formula is C13H16N2O2S2. The van der Waals surface area contributed by atoms with Crippen LogP contribution in [-0.4, -0.2) is 29.6 Å². The molecule has 0 aliphatic carbocycles. The monoisotopic (exact) mass is 296 g/mol. The zero-order valence-corrected chi connectivity index (χ0v) is 12.3. The number of aromatic nitrogens is 1. The van der Waals surface area contributed by atoms with Crippen molar-refractivity contribution in [3.8, 4) is 0 Å². The van der Waals surface area contributed by atoms with E-state index in [2.05, 4.69) is 4.57 Å². The zero-order chi connectivity index (χ0) is 13.5. The summed E-state index contributed by atoms with van der Waals surface area (Å²) >= 11 is 1.61. The number of hydrogen-bond acceptors (Lipinski definition) is 3. The molecule has 2 aromatic rings. The van der Waals surface area contributed by atoms with Crippen molar-refractivity contribution >= 4 is 21.4 Å². The van der Waals surface area contributed by atoms with Crippen molar-refractivity contribution in [2.45, 2.75) is 19.5 Å². The molecule has 1 unspecified atom stereocenters. The lowest BCUT2D eigenvalue weighted by atomic mass is 10.1. The van der Waals surface area contributed by atoms with Gasteiger partial charge in [-0.1, -0.05) is 6.07 Å². The Balaban J connectivity index is 2.12. The topological polar surface area (TPSA) is 42.3 Å². The van der Waals surface area contributed by atoms with Crippen LogP contribution in [0.4, 0.5) is 0 Å². The van der Waals surface area contributed by atoms with Crippen LogP contribution in [0.5, 0.6) is 0 Å². The third kappa shape index (κ3) is 2.13. The Bertz CT molecular complexity index is 659. The summed E-state index contributed by atoms with van der Waals surface area (Å²) in [5, 5.41) is 1.99. The van der Waals surface area contributed by atoms with Crippen molar-refractivity contribution in [3.63, 3.8) is 0 Å². The summed E-state index contributed by atoms with van der Waals surface area (Å²) in [5.74, 6) is 0.148. The van der Waals surface area contributed by atoms with Gasteiger partial charge >= 0.3 is 0 Å². The van der Waals surface area contributed by atoms with Gasteiger partial charge in [-0.2, -0.15) is 4.31 Å². The molecule has 3 heterocycles. The highest BCUT2D eigenvalue weighted by atomic mass is 32.2. The fourth-order valence-corrected chi connectivity index (χ4v) is 4.71. The SMILES string of the molecule is CCS(=O)(=O)N1CCn2cccc2C1c1cccs1. The molecule has 4 nitrogen and oxygen atoms in total. The summed E-state index contributed by atoms with van der Waals surface area (Å²) in [6.07, 6.45) is 2.02. The lowest BCUT2D eigenvalue weighted by molar-refractivity contribution is 0.302. The highest BCUT2D eigenvalue weighted by Gasteiger charge is 2.36. The lowest BCUT2D eigenvalue weighted by Crippen LogP contribution is -2.42. The van der Waals surface area contributed by atoms with Gasteiger partial charge in [0.15, 0.2) is 0 Å². The predicted molar refractivity (Wildman–Crippen MR) is 76.8 cm³/mol. The van der Waals surface area contributed by atoms with Crippen LogP contribution in [0.3, 0.4) is 0 Å². The molecule has 2 aromatic heterocycles. The van der Waals surface area contributed by atoms with Crippen LogP contribution in [0.15, 0.2) is 35.8 Å². The van der Waals surface area contributed by atoms with Crippen molar-refractivity contribution in [3.05, 3.63) is 46.4 Å². The highest BCUT2D eigenvalue weighted by Crippen LogP contribution is 2.36. The molecule has 1 aliphatic rings. The van der Waals surface area contributed by atoms with E-state index >= 15 is 0 Å². The Hall–Kier alpha value is -1.11. The first kappa shape index (κ1) is 12.9. The maximum Gasteiger partial charge on any atom is 0.214 e. The predicted octanol–water partition coefficient (Wildman–Crippen LogP) is 2.30. The molecule has 0 saturated heterocycles. The van der Waals surface area contributed by atoms with E-state index in [0.717, 1.165) is 17.1 Å². The van der Waals surface area contributed by atoms with E-state index in [1.54, 1.807) is 22.6 Å². The van der Waals surface area contributed by atoms with E-state index in [-0.39, 0.29) is 11.8 Å². The van der Waals surface area contributed by atoms with E-state index in [0.29, 0.717) is 6.54 Å². The Morgan fingerprint density at radius 3 is 2.84 bits per heavy atom. The van der Waals surface area contributed by atoms with Crippen molar-refractivity contribution in [2.75, 3.05) is 12.3 Å². The average molecular weight is 296 g/mol. The van der Waals surface area contributed by atoms with Gasteiger partial charge in [-0.05, 0) is 30.5 Å². The summed E-state index contributed by atoms with van der Waals surface area (Å²) in [6, 6.07) is 7.81. The second-order valence-electron chi connectivity index (χ2n) is 4.56. The van der Waals surface area contributed by atoms with Crippen LogP contribution < -0.4 is 0 Å². The quantitative estimate of drug-likeness (QED) is 0.872. The summed E-state index contributed by atoms with van der Waals surface area (Å²) in [7, 11) is -3.19. The molecule has 0 amide bonds. The van der Waals surface area contributed by atoms with Gasteiger partial charge in [-0.25, -0.2) is 8.42 Å². The molecule has 0 fully saturated rings. The first-order valence-electron chi connectivity index (χ1n) is 6.31. The van der Waals surface area contributed by atoms with Gasteiger partial charge in [0.25, 0.3) is 0 Å². The van der Waals surface area contributed by atoms with Crippen LogP contribution in [0.25, 0.3) is 0 Å². The Kier molecular flexibility index (Phi) is 3.24. The minimum absolute atomic E-state index is 0.148. The Morgan fingerprint density at radius 2 is 2.16 bits per heavy atom. The van der Waals surface area contributed by atoms with Crippen LogP contribution in [0.2, 0.25) is 0 Å². The van der Waals surface area contributed by atoms with Gasteiger partial charge in [0.2, 0.25) is 10.0 Å². The molecule has 0 saturated carbocycles. The molecular weight excluding hydrogens is 280 g/mol. The minimum Gasteiger partial charge on any atom is -0.348 e. The van der Waals surface area contributed by atoms with Crippen LogP contribution in [0.1, 0.15) is 23.5 Å². The molecule has 1 aliphatic heterocycles. The van der Waals surface area contributed by atoms with Gasteiger partial charge in [-0.15, -0.1) is 11.3 Å². The Morgan fingerprint density at radius 1 is 1.32 bits per heavy atom. The second-order valence-corrected chi connectivity index (χ2v) is 7.75. The Labute approximate surface area is 117 Å². The summed E-state index contributed by atoms with van der Waals surface area (Å²) in [4.78, 5) is 1.08. The van der Waals surface area contributed by atoms with E-state index in [9.17, 15) is 8.42 Å². The molecule has 6 heteroatoms. The molecule has 0 N–H and O–H groups in total. The fourth-order valence-electron chi connectivity index (χ4n) is 2.56.